The second-order valence-corrected chi connectivity index (χ2v) is 4.59. The Morgan fingerprint density at radius 2 is 1.92 bits per heavy atom. The predicted octanol–water partition coefficient (Wildman–Crippen LogP) is 2.66. The lowest BCUT2D eigenvalue weighted by Crippen LogP contribution is -2.24. The molecule has 5 heteroatoms. The molecule has 0 aromatic heterocycles. The summed E-state index contributed by atoms with van der Waals surface area (Å²) in [4.78, 5) is 10.3. The van der Waals surface area contributed by atoms with Gasteiger partial charge in [-0.2, -0.15) is 0 Å². The molecule has 0 saturated heterocycles. The summed E-state index contributed by atoms with van der Waals surface area (Å²) in [6.45, 7) is 4.10. The Morgan fingerprint density at radius 1 is 1.38 bits per heavy atom. The molecule has 0 heterocycles. The van der Waals surface area contributed by atoms with E-state index in [9.17, 15) is 0 Å². The molecule has 0 aliphatic heterocycles. The van der Waals surface area contributed by atoms with Crippen LogP contribution in [0.15, 0.2) is 9.98 Å². The summed E-state index contributed by atoms with van der Waals surface area (Å²) >= 11 is 2.22. The van der Waals surface area contributed by atoms with E-state index in [1.165, 1.54) is 0 Å². The Hall–Kier alpha value is 0.360. The van der Waals surface area contributed by atoms with E-state index in [0.29, 0.717) is 0 Å². The minimum absolute atomic E-state index is 0. The highest BCUT2D eigenvalue weighted by atomic mass is 127. The molecule has 0 saturated carbocycles. The molecule has 0 bridgehead atoms. The van der Waals surface area contributed by atoms with Crippen LogP contribution in [0.25, 0.3) is 0 Å². The van der Waals surface area contributed by atoms with Gasteiger partial charge in [0.1, 0.15) is 10.2 Å². The summed E-state index contributed by atoms with van der Waals surface area (Å²) in [5.74, 6) is 0. The van der Waals surface area contributed by atoms with E-state index in [1.807, 2.05) is 21.0 Å². The van der Waals surface area contributed by atoms with E-state index < -0.39 is 0 Å². The molecule has 0 aromatic rings. The van der Waals surface area contributed by atoms with Crippen LogP contribution in [-0.4, -0.2) is 35.2 Å². The molecule has 13 heavy (non-hydrogen) atoms. The molecule has 0 radical (unpaired) electrons. The van der Waals surface area contributed by atoms with Gasteiger partial charge in [0.15, 0.2) is 0 Å². The van der Waals surface area contributed by atoms with Crippen LogP contribution < -0.4 is 0 Å². The van der Waals surface area contributed by atoms with Crippen molar-refractivity contribution in [1.29, 1.82) is 0 Å². The van der Waals surface area contributed by atoms with Gasteiger partial charge >= 0.3 is 0 Å². The lowest BCUT2D eigenvalue weighted by molar-refractivity contribution is 0.296. The van der Waals surface area contributed by atoms with Crippen molar-refractivity contribution in [3.05, 3.63) is 0 Å². The van der Waals surface area contributed by atoms with E-state index in [-0.39, 0.29) is 22.6 Å². The van der Waals surface area contributed by atoms with Crippen LogP contribution in [0.2, 0.25) is 0 Å². The summed E-state index contributed by atoms with van der Waals surface area (Å²) in [5, 5.41) is 0. The maximum Gasteiger partial charge on any atom is 0.112 e. The van der Waals surface area contributed by atoms with Gasteiger partial charge in [-0.1, -0.05) is 29.5 Å². The molecule has 2 unspecified atom stereocenters. The Labute approximate surface area is 100 Å². The number of alkyl halides is 1. The molecule has 0 spiro atoms. The second kappa shape index (κ2) is 8.94. The van der Waals surface area contributed by atoms with Gasteiger partial charge in [-0.3, -0.25) is 4.90 Å². The first-order valence-corrected chi connectivity index (χ1v) is 5.27. The van der Waals surface area contributed by atoms with Crippen LogP contribution in [0.5, 0.6) is 0 Å². The third-order valence-electron chi connectivity index (χ3n) is 1.40. The highest BCUT2D eigenvalue weighted by Crippen LogP contribution is 2.00. The molecular weight excluding hydrogens is 300 g/mol. The molecule has 0 fully saturated rings. The highest BCUT2D eigenvalue weighted by Gasteiger charge is 2.03. The van der Waals surface area contributed by atoms with Gasteiger partial charge in [-0.15, -0.1) is 12.4 Å². The van der Waals surface area contributed by atoms with Crippen molar-refractivity contribution in [2.24, 2.45) is 9.98 Å². The van der Waals surface area contributed by atoms with Crippen molar-refractivity contribution in [3.63, 3.8) is 0 Å². The smallest absolute Gasteiger partial charge is 0.112 e. The van der Waals surface area contributed by atoms with Crippen LogP contribution in [0.4, 0.5) is 0 Å². The van der Waals surface area contributed by atoms with Gasteiger partial charge in [0, 0.05) is 0 Å². The number of hydrogen-bond acceptors (Lipinski definition) is 3. The van der Waals surface area contributed by atoms with Crippen LogP contribution in [-0.2, 0) is 0 Å². The highest BCUT2D eigenvalue weighted by molar-refractivity contribution is 14.1. The summed E-state index contributed by atoms with van der Waals surface area (Å²) in [6.07, 6.45) is 1.20. The average Bonchev–Trinajstić information content (AvgIpc) is 1.96. The monoisotopic (exact) mass is 317 g/mol. The fraction of sp³-hybridized carbons (Fsp3) is 0.875. The summed E-state index contributed by atoms with van der Waals surface area (Å²) < 4.78 is 0.256. The molecule has 0 aliphatic rings. The van der Waals surface area contributed by atoms with Gasteiger partial charge in [0.2, 0.25) is 0 Å². The first-order chi connectivity index (χ1) is 5.57. The number of rotatable bonds is 4. The van der Waals surface area contributed by atoms with Gasteiger partial charge in [0.25, 0.3) is 0 Å². The van der Waals surface area contributed by atoms with Crippen molar-refractivity contribution in [1.82, 2.24) is 4.90 Å². The fourth-order valence-corrected chi connectivity index (χ4v) is 0.876. The van der Waals surface area contributed by atoms with Crippen molar-refractivity contribution in [2.45, 2.75) is 30.5 Å². The number of halogens is 2. The van der Waals surface area contributed by atoms with E-state index in [4.69, 9.17) is 0 Å². The molecule has 78 valence electrons. The molecular formula is C8H17ClIN3. The van der Waals surface area contributed by atoms with E-state index in [2.05, 4.69) is 50.4 Å². The topological polar surface area (TPSA) is 28.0 Å². The normalized spacial score (nSPS) is 14.0. The first kappa shape index (κ1) is 15.8. The van der Waals surface area contributed by atoms with Gasteiger partial charge in [-0.25, -0.2) is 9.98 Å². The molecule has 3 nitrogen and oxygen atoms in total. The Morgan fingerprint density at radius 3 is 2.23 bits per heavy atom. The first-order valence-electron chi connectivity index (χ1n) is 4.03. The minimum atomic E-state index is 0. The zero-order chi connectivity index (χ0) is 9.56. The molecule has 0 rings (SSSR count). The van der Waals surface area contributed by atoms with Crippen molar-refractivity contribution >= 4 is 41.0 Å². The minimum Gasteiger partial charge on any atom is -0.287 e. The van der Waals surface area contributed by atoms with Crippen LogP contribution in [0.1, 0.15) is 20.3 Å². The van der Waals surface area contributed by atoms with E-state index in [0.717, 1.165) is 6.42 Å². The van der Waals surface area contributed by atoms with Gasteiger partial charge in [-0.05, 0) is 27.4 Å². The summed E-state index contributed by atoms with van der Waals surface area (Å²) in [6, 6.07) is 2.72. The average molecular weight is 318 g/mol. The molecule has 0 aliphatic carbocycles. The van der Waals surface area contributed by atoms with E-state index >= 15 is 0 Å². The third-order valence-corrected chi connectivity index (χ3v) is 1.68. The number of aliphatic imine (C=N–C) groups is 2. The van der Waals surface area contributed by atoms with Crippen LogP contribution in [0.3, 0.4) is 0 Å². The van der Waals surface area contributed by atoms with Crippen LogP contribution >= 0.6 is 35.0 Å². The zero-order valence-electron chi connectivity index (χ0n) is 8.49. The Bertz CT molecular complexity index is 176. The third kappa shape index (κ3) is 8.68. The quantitative estimate of drug-likeness (QED) is 0.339. The molecule has 0 aromatic carbocycles. The summed E-state index contributed by atoms with van der Waals surface area (Å²) in [5.41, 5.74) is 0. The Kier molecular flexibility index (Phi) is 10.9. The van der Waals surface area contributed by atoms with Gasteiger partial charge < -0.3 is 0 Å². The lowest BCUT2D eigenvalue weighted by atomic mass is 10.4. The standard InChI is InChI=1S/C8H16IN3.ClH/c1-5-8(12(3)4)11-6-10-7(2)9;/h7-8H,5H2,1-4H3;1H. The molecule has 2 atom stereocenters. The SMILES string of the molecule is CCC(N=C=NC(C)I)N(C)C.Cl. The van der Waals surface area contributed by atoms with Crippen molar-refractivity contribution in [3.8, 4) is 0 Å². The van der Waals surface area contributed by atoms with Gasteiger partial charge in [0.05, 0.1) is 6.01 Å². The molecule has 0 N–H and O–H groups in total. The van der Waals surface area contributed by atoms with E-state index in [1.54, 1.807) is 0 Å². The molecule has 0 amide bonds. The maximum absolute atomic E-state index is 4.19. The lowest BCUT2D eigenvalue weighted by Gasteiger charge is -2.15. The largest absolute Gasteiger partial charge is 0.287 e. The maximum atomic E-state index is 4.19. The summed E-state index contributed by atoms with van der Waals surface area (Å²) in [7, 11) is 4.01. The number of nitrogens with zero attached hydrogens (tertiary/aromatic N) is 3. The van der Waals surface area contributed by atoms with Crippen molar-refractivity contribution in [2.75, 3.05) is 14.1 Å². The fourth-order valence-electron chi connectivity index (χ4n) is 0.751. The second-order valence-electron chi connectivity index (χ2n) is 2.78. The number of hydrogen-bond donors (Lipinski definition) is 0. The van der Waals surface area contributed by atoms with Crippen LogP contribution in [0, 0.1) is 0 Å². The predicted molar refractivity (Wildman–Crippen MR) is 68.4 cm³/mol. The zero-order valence-corrected chi connectivity index (χ0v) is 11.5. The van der Waals surface area contributed by atoms with Crippen molar-refractivity contribution < 1.29 is 0 Å². The Balaban J connectivity index is 0.